The molecule has 1 aromatic heterocycles. The van der Waals surface area contributed by atoms with E-state index in [0.717, 1.165) is 10.9 Å². The summed E-state index contributed by atoms with van der Waals surface area (Å²) < 4.78 is 10.2. The highest BCUT2D eigenvalue weighted by Crippen LogP contribution is 2.31. The molecular formula is C18H18ClN3O4. The monoisotopic (exact) mass is 375 g/mol. The second-order valence-electron chi connectivity index (χ2n) is 5.48. The minimum Gasteiger partial charge on any atom is -0.504 e. The van der Waals surface area contributed by atoms with Crippen LogP contribution in [0, 0.1) is 6.92 Å². The average molecular weight is 376 g/mol. The molecule has 3 aromatic rings. The van der Waals surface area contributed by atoms with Crippen LogP contribution < -0.4 is 14.8 Å². The van der Waals surface area contributed by atoms with Crippen LogP contribution in [0.4, 0.5) is 11.6 Å². The Labute approximate surface area is 156 Å². The maximum Gasteiger partial charge on any atom is 0.308 e. The molecule has 0 atom stereocenters. The van der Waals surface area contributed by atoms with Crippen LogP contribution in [-0.2, 0) is 4.79 Å². The number of nitrogens with zero attached hydrogens (tertiary/aromatic N) is 2. The summed E-state index contributed by atoms with van der Waals surface area (Å²) >= 11 is 0. The number of phenols is 1. The normalized spacial score (nSPS) is 10.1. The van der Waals surface area contributed by atoms with Gasteiger partial charge in [0.1, 0.15) is 5.75 Å². The first-order valence-electron chi connectivity index (χ1n) is 7.56. The number of aromatic nitrogens is 2. The molecule has 2 aromatic carbocycles. The number of aryl methyl sites for hydroxylation is 1. The Morgan fingerprint density at radius 2 is 1.96 bits per heavy atom. The molecule has 0 saturated heterocycles. The van der Waals surface area contributed by atoms with E-state index in [-0.39, 0.29) is 24.1 Å². The van der Waals surface area contributed by atoms with Crippen LogP contribution in [0.3, 0.4) is 0 Å². The molecule has 0 fully saturated rings. The molecular weight excluding hydrogens is 358 g/mol. The van der Waals surface area contributed by atoms with Crippen molar-refractivity contribution < 1.29 is 19.4 Å². The quantitative estimate of drug-likeness (QED) is 0.529. The van der Waals surface area contributed by atoms with Crippen LogP contribution >= 0.6 is 12.4 Å². The van der Waals surface area contributed by atoms with E-state index in [9.17, 15) is 9.90 Å². The molecule has 3 rings (SSSR count). The van der Waals surface area contributed by atoms with Gasteiger partial charge in [-0.05, 0) is 24.6 Å². The fraction of sp³-hybridized carbons (Fsp3) is 0.167. The Balaban J connectivity index is 0.00000243. The third-order valence-electron chi connectivity index (χ3n) is 3.58. The van der Waals surface area contributed by atoms with Crippen LogP contribution in [0.25, 0.3) is 10.9 Å². The van der Waals surface area contributed by atoms with Gasteiger partial charge in [-0.25, -0.2) is 9.97 Å². The lowest BCUT2D eigenvalue weighted by Gasteiger charge is -2.10. The number of rotatable bonds is 4. The molecule has 7 nitrogen and oxygen atoms in total. The molecule has 0 aliphatic heterocycles. The van der Waals surface area contributed by atoms with Gasteiger partial charge in [-0.3, -0.25) is 4.79 Å². The molecule has 8 heteroatoms. The van der Waals surface area contributed by atoms with Crippen molar-refractivity contribution in [3.63, 3.8) is 0 Å². The third-order valence-corrected chi connectivity index (χ3v) is 3.58. The van der Waals surface area contributed by atoms with Crippen LogP contribution in [0.2, 0.25) is 0 Å². The van der Waals surface area contributed by atoms with E-state index in [0.29, 0.717) is 28.7 Å². The number of phenolic OH excluding ortho intramolecular Hbond substituents is 1. The molecule has 26 heavy (non-hydrogen) atoms. The van der Waals surface area contributed by atoms with Crippen molar-refractivity contribution in [2.45, 2.75) is 13.8 Å². The lowest BCUT2D eigenvalue weighted by Crippen LogP contribution is -2.04. The summed E-state index contributed by atoms with van der Waals surface area (Å²) in [5, 5.41) is 13.7. The summed E-state index contributed by atoms with van der Waals surface area (Å²) in [6.07, 6.45) is 1.63. The van der Waals surface area contributed by atoms with E-state index >= 15 is 0 Å². The fourth-order valence-electron chi connectivity index (χ4n) is 2.34. The van der Waals surface area contributed by atoms with Crippen molar-refractivity contribution >= 4 is 40.9 Å². The first-order chi connectivity index (χ1) is 12.0. The standard InChI is InChI=1S/C18H17N3O4.ClH/c1-10-4-5-13(7-16(10)25-11(2)22)20-18-19-9-12-6-17(24-3)15(23)8-14(12)21-18;/h4-9,23H,1-3H3,(H,19,20,21);1H. The number of nitrogens with one attached hydrogen (secondary N) is 1. The summed E-state index contributed by atoms with van der Waals surface area (Å²) in [7, 11) is 1.48. The molecule has 0 aliphatic carbocycles. The molecule has 0 radical (unpaired) electrons. The maximum atomic E-state index is 11.2. The van der Waals surface area contributed by atoms with Gasteiger partial charge in [-0.2, -0.15) is 0 Å². The topological polar surface area (TPSA) is 93.6 Å². The predicted octanol–water partition coefficient (Wildman–Crippen LogP) is 3.74. The van der Waals surface area contributed by atoms with E-state index in [1.807, 2.05) is 19.1 Å². The number of halogens is 1. The Bertz CT molecular complexity index is 963. The molecule has 0 saturated carbocycles. The van der Waals surface area contributed by atoms with Crippen LogP contribution in [0.15, 0.2) is 36.5 Å². The number of carbonyl (C=O) groups excluding carboxylic acids is 1. The first kappa shape index (κ1) is 19.3. The summed E-state index contributed by atoms with van der Waals surface area (Å²) in [4.78, 5) is 19.8. The molecule has 0 amide bonds. The molecule has 1 heterocycles. The SMILES string of the molecule is COc1cc2cnc(Nc3ccc(C)c(OC(C)=O)c3)nc2cc1O.Cl. The Hall–Kier alpha value is -3.06. The predicted molar refractivity (Wildman–Crippen MR) is 101 cm³/mol. The van der Waals surface area contributed by atoms with Gasteiger partial charge in [0.25, 0.3) is 0 Å². The summed E-state index contributed by atoms with van der Waals surface area (Å²) in [6, 6.07) is 8.55. The van der Waals surface area contributed by atoms with E-state index in [1.165, 1.54) is 20.1 Å². The van der Waals surface area contributed by atoms with Gasteiger partial charge in [0.2, 0.25) is 5.95 Å². The highest BCUT2D eigenvalue weighted by atomic mass is 35.5. The van der Waals surface area contributed by atoms with Crippen molar-refractivity contribution in [3.05, 3.63) is 42.1 Å². The van der Waals surface area contributed by atoms with Gasteiger partial charge >= 0.3 is 5.97 Å². The Kier molecular flexibility index (Phi) is 5.84. The molecule has 0 spiro atoms. The number of anilines is 2. The molecule has 0 aliphatic rings. The number of hydrogen-bond acceptors (Lipinski definition) is 7. The number of carbonyl (C=O) groups is 1. The summed E-state index contributed by atoms with van der Waals surface area (Å²) in [5.74, 6) is 0.815. The van der Waals surface area contributed by atoms with Crippen LogP contribution in [0.1, 0.15) is 12.5 Å². The highest BCUT2D eigenvalue weighted by Gasteiger charge is 2.09. The van der Waals surface area contributed by atoms with Gasteiger partial charge in [-0.1, -0.05) is 6.07 Å². The molecule has 0 bridgehead atoms. The number of methoxy groups -OCH3 is 1. The van der Waals surface area contributed by atoms with Gasteiger partial charge in [0.05, 0.1) is 12.6 Å². The lowest BCUT2D eigenvalue weighted by molar-refractivity contribution is -0.131. The van der Waals surface area contributed by atoms with Crippen LogP contribution in [-0.4, -0.2) is 28.2 Å². The number of benzene rings is 2. The third kappa shape index (κ3) is 4.12. The van der Waals surface area contributed by atoms with Crippen molar-refractivity contribution in [2.24, 2.45) is 0 Å². The fourth-order valence-corrected chi connectivity index (χ4v) is 2.34. The first-order valence-corrected chi connectivity index (χ1v) is 7.56. The van der Waals surface area contributed by atoms with E-state index in [4.69, 9.17) is 9.47 Å². The van der Waals surface area contributed by atoms with Gasteiger partial charge in [0, 0.05) is 36.3 Å². The number of hydrogen-bond donors (Lipinski definition) is 2. The largest absolute Gasteiger partial charge is 0.504 e. The molecule has 136 valence electrons. The smallest absolute Gasteiger partial charge is 0.308 e. The van der Waals surface area contributed by atoms with Gasteiger partial charge < -0.3 is 19.9 Å². The summed E-state index contributed by atoms with van der Waals surface area (Å²) in [6.45, 7) is 3.21. The van der Waals surface area contributed by atoms with E-state index in [1.54, 1.807) is 18.3 Å². The van der Waals surface area contributed by atoms with Gasteiger partial charge in [-0.15, -0.1) is 12.4 Å². The zero-order valence-electron chi connectivity index (χ0n) is 14.4. The number of aromatic hydroxyl groups is 1. The number of fused-ring (bicyclic) bond motifs is 1. The molecule has 2 N–H and O–H groups in total. The average Bonchev–Trinajstić information content (AvgIpc) is 2.57. The second-order valence-corrected chi connectivity index (χ2v) is 5.48. The van der Waals surface area contributed by atoms with Crippen molar-refractivity contribution in [2.75, 3.05) is 12.4 Å². The second kappa shape index (κ2) is 7.88. The summed E-state index contributed by atoms with van der Waals surface area (Å²) in [5.41, 5.74) is 2.10. The lowest BCUT2D eigenvalue weighted by atomic mass is 10.2. The van der Waals surface area contributed by atoms with E-state index < -0.39 is 0 Å². The molecule has 0 unspecified atom stereocenters. The highest BCUT2D eigenvalue weighted by molar-refractivity contribution is 5.85. The maximum absolute atomic E-state index is 11.2. The van der Waals surface area contributed by atoms with Crippen LogP contribution in [0.5, 0.6) is 17.2 Å². The minimum absolute atomic E-state index is 0. The zero-order chi connectivity index (χ0) is 18.0. The van der Waals surface area contributed by atoms with Crippen molar-refractivity contribution in [1.82, 2.24) is 9.97 Å². The van der Waals surface area contributed by atoms with Crippen molar-refractivity contribution in [3.8, 4) is 17.2 Å². The minimum atomic E-state index is -0.383. The Morgan fingerprint density at radius 1 is 1.19 bits per heavy atom. The van der Waals surface area contributed by atoms with Crippen molar-refractivity contribution in [1.29, 1.82) is 0 Å². The zero-order valence-corrected chi connectivity index (χ0v) is 15.3. The number of esters is 1. The van der Waals surface area contributed by atoms with E-state index in [2.05, 4.69) is 15.3 Å². The van der Waals surface area contributed by atoms with Gasteiger partial charge in [0.15, 0.2) is 11.5 Å². The Morgan fingerprint density at radius 3 is 2.65 bits per heavy atom. The number of ether oxygens (including phenoxy) is 2.